The lowest BCUT2D eigenvalue weighted by atomic mass is 10.0. The Kier molecular flexibility index (Phi) is 6.02. The second-order valence-electron chi connectivity index (χ2n) is 7.49. The maximum absolute atomic E-state index is 12.2. The molecule has 0 radical (unpaired) electrons. The maximum atomic E-state index is 12.2. The number of hydrogen-bond acceptors (Lipinski definition) is 6. The second kappa shape index (κ2) is 7.86. The van der Waals surface area contributed by atoms with Gasteiger partial charge in [-0.05, 0) is 26.3 Å². The van der Waals surface area contributed by atoms with Gasteiger partial charge in [0.1, 0.15) is 17.4 Å². The molecular weight excluding hydrogens is 336 g/mol. The summed E-state index contributed by atoms with van der Waals surface area (Å²) in [6, 6.07) is 8.07. The SMILES string of the molecule is CC(C)C1=NC(C(O)C(NC(=O)OC(C)(C)C)c2ccccc2)OC1=O. The van der Waals surface area contributed by atoms with E-state index in [-0.39, 0.29) is 11.6 Å². The molecule has 1 heterocycles. The molecule has 2 N–H and O–H groups in total. The molecule has 1 aliphatic heterocycles. The summed E-state index contributed by atoms with van der Waals surface area (Å²) in [7, 11) is 0. The Bertz CT molecular complexity index is 679. The number of hydrogen-bond donors (Lipinski definition) is 2. The van der Waals surface area contributed by atoms with Gasteiger partial charge in [0.15, 0.2) is 0 Å². The third-order valence-corrected chi connectivity index (χ3v) is 3.71. The number of nitrogens with zero attached hydrogens (tertiary/aromatic N) is 1. The molecule has 26 heavy (non-hydrogen) atoms. The van der Waals surface area contributed by atoms with Crippen LogP contribution in [0, 0.1) is 5.92 Å². The quantitative estimate of drug-likeness (QED) is 0.785. The number of cyclic esters (lactones) is 1. The maximum Gasteiger partial charge on any atom is 0.408 e. The summed E-state index contributed by atoms with van der Waals surface area (Å²) in [4.78, 5) is 28.3. The molecular formula is C19H26N2O5. The van der Waals surface area contributed by atoms with Gasteiger partial charge in [0.25, 0.3) is 0 Å². The van der Waals surface area contributed by atoms with E-state index in [0.29, 0.717) is 5.56 Å². The topological polar surface area (TPSA) is 97.2 Å². The first-order chi connectivity index (χ1) is 12.1. The number of aliphatic imine (C=N–C) groups is 1. The first-order valence-corrected chi connectivity index (χ1v) is 8.59. The van der Waals surface area contributed by atoms with E-state index in [2.05, 4.69) is 10.3 Å². The lowest BCUT2D eigenvalue weighted by molar-refractivity contribution is -0.143. The number of esters is 1. The summed E-state index contributed by atoms with van der Waals surface area (Å²) >= 11 is 0. The highest BCUT2D eigenvalue weighted by atomic mass is 16.6. The van der Waals surface area contributed by atoms with E-state index in [1.165, 1.54) is 0 Å². The first kappa shape index (κ1) is 19.9. The van der Waals surface area contributed by atoms with Crippen LogP contribution in [0.4, 0.5) is 4.79 Å². The molecule has 3 unspecified atom stereocenters. The predicted octanol–water partition coefficient (Wildman–Crippen LogP) is 2.59. The lowest BCUT2D eigenvalue weighted by Crippen LogP contribution is -2.43. The zero-order valence-corrected chi connectivity index (χ0v) is 15.7. The molecule has 0 fully saturated rings. The average Bonchev–Trinajstić information content (AvgIpc) is 2.93. The number of nitrogens with one attached hydrogen (secondary N) is 1. The van der Waals surface area contributed by atoms with E-state index >= 15 is 0 Å². The lowest BCUT2D eigenvalue weighted by Gasteiger charge is -2.28. The smallest absolute Gasteiger partial charge is 0.408 e. The number of rotatable bonds is 5. The van der Waals surface area contributed by atoms with Gasteiger partial charge in [0.05, 0.1) is 6.04 Å². The summed E-state index contributed by atoms with van der Waals surface area (Å²) in [5.74, 6) is -0.665. The van der Waals surface area contributed by atoms with Crippen molar-refractivity contribution in [3.05, 3.63) is 35.9 Å². The van der Waals surface area contributed by atoms with E-state index in [1.807, 2.05) is 19.9 Å². The summed E-state index contributed by atoms with van der Waals surface area (Å²) in [5, 5.41) is 13.4. The number of carbonyl (C=O) groups is 2. The van der Waals surface area contributed by atoms with Crippen molar-refractivity contribution in [2.45, 2.75) is 58.6 Å². The molecule has 0 aliphatic carbocycles. The molecule has 142 valence electrons. The van der Waals surface area contributed by atoms with Crippen LogP contribution in [0.25, 0.3) is 0 Å². The summed E-state index contributed by atoms with van der Waals surface area (Å²) < 4.78 is 10.5. The molecule has 1 aromatic carbocycles. The van der Waals surface area contributed by atoms with Crippen molar-refractivity contribution in [3.8, 4) is 0 Å². The molecule has 2 rings (SSSR count). The van der Waals surface area contributed by atoms with Crippen molar-refractivity contribution in [1.82, 2.24) is 5.32 Å². The van der Waals surface area contributed by atoms with Gasteiger partial charge in [0, 0.05) is 5.92 Å². The molecule has 0 saturated carbocycles. The highest BCUT2D eigenvalue weighted by Gasteiger charge is 2.39. The van der Waals surface area contributed by atoms with Gasteiger partial charge in [0.2, 0.25) is 6.23 Å². The molecule has 1 aromatic rings. The zero-order valence-electron chi connectivity index (χ0n) is 15.7. The van der Waals surface area contributed by atoms with Crippen molar-refractivity contribution in [2.24, 2.45) is 10.9 Å². The highest BCUT2D eigenvalue weighted by Crippen LogP contribution is 2.25. The molecule has 0 aromatic heterocycles. The molecule has 1 amide bonds. The van der Waals surface area contributed by atoms with E-state index in [1.54, 1.807) is 45.0 Å². The Hall–Kier alpha value is -2.41. The number of alkyl carbamates (subject to hydrolysis) is 1. The molecule has 7 nitrogen and oxygen atoms in total. The van der Waals surface area contributed by atoms with Crippen LogP contribution in [0.15, 0.2) is 35.3 Å². The van der Waals surface area contributed by atoms with Crippen LogP contribution in [-0.4, -0.2) is 40.8 Å². The Morgan fingerprint density at radius 2 is 1.88 bits per heavy atom. The minimum absolute atomic E-state index is 0.117. The summed E-state index contributed by atoms with van der Waals surface area (Å²) in [5.41, 5.74) is 0.243. The number of amides is 1. The Balaban J connectivity index is 2.24. The van der Waals surface area contributed by atoms with Crippen LogP contribution in [0.2, 0.25) is 0 Å². The number of carbonyl (C=O) groups excluding carboxylic acids is 2. The molecule has 1 aliphatic rings. The number of aliphatic hydroxyl groups is 1. The van der Waals surface area contributed by atoms with Crippen LogP contribution >= 0.6 is 0 Å². The fraction of sp³-hybridized carbons (Fsp3) is 0.526. The summed E-state index contributed by atoms with van der Waals surface area (Å²) in [6.45, 7) is 8.89. The standard InChI is InChI=1S/C19H26N2O5/c1-11(2)13-17(23)25-16(20-13)15(22)14(12-9-7-6-8-10-12)21-18(24)26-19(3,4)5/h6-11,14-16,22H,1-5H3,(H,21,24). The molecule has 3 atom stereocenters. The largest absolute Gasteiger partial charge is 0.444 e. The van der Waals surface area contributed by atoms with Gasteiger partial charge < -0.3 is 19.9 Å². The van der Waals surface area contributed by atoms with E-state index in [0.717, 1.165) is 0 Å². The number of ether oxygens (including phenoxy) is 2. The third-order valence-electron chi connectivity index (χ3n) is 3.71. The van der Waals surface area contributed by atoms with Gasteiger partial charge >= 0.3 is 12.1 Å². The van der Waals surface area contributed by atoms with Crippen molar-refractivity contribution < 1.29 is 24.2 Å². The number of aliphatic hydroxyl groups excluding tert-OH is 1. The van der Waals surface area contributed by atoms with Crippen LogP contribution in [0.3, 0.4) is 0 Å². The molecule has 7 heteroatoms. The van der Waals surface area contributed by atoms with Crippen molar-refractivity contribution in [3.63, 3.8) is 0 Å². The zero-order chi connectivity index (χ0) is 19.5. The minimum Gasteiger partial charge on any atom is -0.444 e. The Morgan fingerprint density at radius 1 is 1.27 bits per heavy atom. The van der Waals surface area contributed by atoms with Crippen molar-refractivity contribution in [1.29, 1.82) is 0 Å². The van der Waals surface area contributed by atoms with Crippen LogP contribution < -0.4 is 5.32 Å². The van der Waals surface area contributed by atoms with Gasteiger partial charge in [-0.3, -0.25) is 0 Å². The van der Waals surface area contributed by atoms with Crippen LogP contribution in [0.1, 0.15) is 46.2 Å². The van der Waals surface area contributed by atoms with Gasteiger partial charge in [-0.15, -0.1) is 0 Å². The van der Waals surface area contributed by atoms with Crippen molar-refractivity contribution >= 4 is 17.8 Å². The van der Waals surface area contributed by atoms with Gasteiger partial charge in [-0.1, -0.05) is 44.2 Å². The first-order valence-electron chi connectivity index (χ1n) is 8.59. The van der Waals surface area contributed by atoms with E-state index in [4.69, 9.17) is 9.47 Å². The average molecular weight is 362 g/mol. The number of benzene rings is 1. The van der Waals surface area contributed by atoms with E-state index in [9.17, 15) is 14.7 Å². The fourth-order valence-electron chi connectivity index (χ4n) is 2.54. The molecule has 0 bridgehead atoms. The predicted molar refractivity (Wildman–Crippen MR) is 96.7 cm³/mol. The summed E-state index contributed by atoms with van der Waals surface area (Å²) in [6.07, 6.45) is -3.02. The Labute approximate surface area is 153 Å². The Morgan fingerprint density at radius 3 is 2.38 bits per heavy atom. The monoisotopic (exact) mass is 362 g/mol. The second-order valence-corrected chi connectivity index (χ2v) is 7.49. The van der Waals surface area contributed by atoms with Crippen molar-refractivity contribution in [2.75, 3.05) is 0 Å². The van der Waals surface area contributed by atoms with E-state index < -0.39 is 36.0 Å². The molecule has 0 spiro atoms. The van der Waals surface area contributed by atoms with Crippen LogP contribution in [-0.2, 0) is 14.3 Å². The fourth-order valence-corrected chi connectivity index (χ4v) is 2.54. The van der Waals surface area contributed by atoms with Gasteiger partial charge in [-0.2, -0.15) is 0 Å². The van der Waals surface area contributed by atoms with Gasteiger partial charge in [-0.25, -0.2) is 14.6 Å². The minimum atomic E-state index is -1.26. The normalized spacial score (nSPS) is 19.6. The van der Waals surface area contributed by atoms with Crippen LogP contribution in [0.5, 0.6) is 0 Å². The highest BCUT2D eigenvalue weighted by molar-refractivity contribution is 6.38. The third kappa shape index (κ3) is 5.05. The molecule has 0 saturated heterocycles.